The van der Waals surface area contributed by atoms with Crippen LogP contribution in [0.1, 0.15) is 45.7 Å². The topological polar surface area (TPSA) is 67.4 Å². The van der Waals surface area contributed by atoms with E-state index < -0.39 is 0 Å². The number of carbonyl (C=O) groups is 2. The number of hydrogen-bond acceptors (Lipinski definition) is 4. The smallest absolute Gasteiger partial charge is 0.268 e. The molecule has 3 rings (SSSR count). The summed E-state index contributed by atoms with van der Waals surface area (Å²) in [6.07, 6.45) is 2.43. The molecule has 0 radical (unpaired) electrons. The van der Waals surface area contributed by atoms with Crippen LogP contribution in [0.4, 0.5) is 0 Å². The molecule has 6 heteroatoms. The highest BCUT2D eigenvalue weighted by Crippen LogP contribution is 2.21. The van der Waals surface area contributed by atoms with Crippen molar-refractivity contribution in [1.29, 1.82) is 0 Å². The normalized spacial score (nSPS) is 12.2. The fourth-order valence-electron chi connectivity index (χ4n) is 3.22. The molecule has 0 fully saturated rings. The third-order valence-corrected chi connectivity index (χ3v) is 5.77. The molecule has 160 valence electrons. The van der Waals surface area contributed by atoms with Crippen molar-refractivity contribution in [3.05, 3.63) is 93.3 Å². The van der Waals surface area contributed by atoms with Gasteiger partial charge in [-0.3, -0.25) is 9.59 Å². The van der Waals surface area contributed by atoms with Gasteiger partial charge < -0.3 is 15.4 Å². The number of nitrogens with one attached hydrogen (secondary N) is 2. The first-order valence-electron chi connectivity index (χ1n) is 10.1. The maximum Gasteiger partial charge on any atom is 0.268 e. The number of aryl methyl sites for hydroxylation is 1. The highest BCUT2D eigenvalue weighted by atomic mass is 32.1. The third-order valence-electron chi connectivity index (χ3n) is 4.95. The van der Waals surface area contributed by atoms with Crippen molar-refractivity contribution < 1.29 is 14.3 Å². The molecule has 3 aromatic rings. The molecule has 2 N–H and O–H groups in total. The highest BCUT2D eigenvalue weighted by Gasteiger charge is 2.20. The van der Waals surface area contributed by atoms with E-state index in [1.165, 1.54) is 11.3 Å². The first kappa shape index (κ1) is 22.3. The number of ether oxygens (including phenoxy) is 1. The number of carbonyl (C=O) groups excluding carboxylic acids is 2. The maximum atomic E-state index is 13.2. The summed E-state index contributed by atoms with van der Waals surface area (Å²) in [7, 11) is 1.57. The van der Waals surface area contributed by atoms with Crippen molar-refractivity contribution in [2.24, 2.45) is 0 Å². The molecule has 5 nitrogen and oxygen atoms in total. The lowest BCUT2D eigenvalue weighted by Gasteiger charge is -2.20. The van der Waals surface area contributed by atoms with Crippen LogP contribution in [0.15, 0.2) is 71.7 Å². The monoisotopic (exact) mass is 434 g/mol. The Balaban J connectivity index is 1.83. The minimum atomic E-state index is -0.357. The van der Waals surface area contributed by atoms with E-state index in [-0.39, 0.29) is 23.6 Å². The van der Waals surface area contributed by atoms with Gasteiger partial charge in [-0.1, -0.05) is 37.3 Å². The number of rotatable bonds is 8. The van der Waals surface area contributed by atoms with Gasteiger partial charge >= 0.3 is 0 Å². The first-order valence-corrected chi connectivity index (χ1v) is 11.0. The fourth-order valence-corrected chi connectivity index (χ4v) is 3.88. The Morgan fingerprint density at radius 3 is 2.42 bits per heavy atom. The van der Waals surface area contributed by atoms with Crippen LogP contribution in [0.25, 0.3) is 6.08 Å². The molecular weight excluding hydrogens is 408 g/mol. The van der Waals surface area contributed by atoms with Crippen molar-refractivity contribution in [2.45, 2.75) is 26.3 Å². The largest absolute Gasteiger partial charge is 0.497 e. The van der Waals surface area contributed by atoms with Gasteiger partial charge in [-0.05, 0) is 66.3 Å². The second-order valence-corrected chi connectivity index (χ2v) is 8.03. The lowest BCUT2D eigenvalue weighted by atomic mass is 9.99. The zero-order chi connectivity index (χ0) is 22.2. The lowest BCUT2D eigenvalue weighted by Crippen LogP contribution is -2.37. The van der Waals surface area contributed by atoms with Crippen molar-refractivity contribution in [2.75, 3.05) is 7.11 Å². The molecule has 2 aromatic carbocycles. The molecule has 0 aliphatic heterocycles. The number of amides is 2. The van der Waals surface area contributed by atoms with Crippen LogP contribution < -0.4 is 15.4 Å². The van der Waals surface area contributed by atoms with Gasteiger partial charge in [0.1, 0.15) is 11.4 Å². The molecule has 0 aliphatic rings. The summed E-state index contributed by atoms with van der Waals surface area (Å²) in [5.74, 6) is -0.0254. The van der Waals surface area contributed by atoms with E-state index in [1.54, 1.807) is 37.5 Å². The summed E-state index contributed by atoms with van der Waals surface area (Å²) in [6, 6.07) is 18.4. The third kappa shape index (κ3) is 5.83. The van der Waals surface area contributed by atoms with Crippen LogP contribution in [0.3, 0.4) is 0 Å². The van der Waals surface area contributed by atoms with Crippen molar-refractivity contribution in [1.82, 2.24) is 10.6 Å². The minimum Gasteiger partial charge on any atom is -0.497 e. The Morgan fingerprint density at radius 2 is 1.81 bits per heavy atom. The van der Waals surface area contributed by atoms with Crippen LogP contribution in [0.5, 0.6) is 5.75 Å². The molecule has 1 atom stereocenters. The van der Waals surface area contributed by atoms with Gasteiger partial charge in [-0.15, -0.1) is 11.3 Å². The first-order chi connectivity index (χ1) is 15.0. The molecule has 0 unspecified atom stereocenters. The second kappa shape index (κ2) is 10.6. The summed E-state index contributed by atoms with van der Waals surface area (Å²) in [4.78, 5) is 26.9. The minimum absolute atomic E-state index is 0.154. The lowest BCUT2D eigenvalue weighted by molar-refractivity contribution is -0.118. The average Bonchev–Trinajstić information content (AvgIpc) is 3.30. The predicted molar refractivity (Wildman–Crippen MR) is 125 cm³/mol. The Morgan fingerprint density at radius 1 is 1.06 bits per heavy atom. The zero-order valence-corrected chi connectivity index (χ0v) is 18.7. The molecule has 31 heavy (non-hydrogen) atoms. The predicted octanol–water partition coefficient (Wildman–Crippen LogP) is 5.10. The maximum absolute atomic E-state index is 13.2. The zero-order valence-electron chi connectivity index (χ0n) is 17.8. The Hall–Kier alpha value is -3.38. The summed E-state index contributed by atoms with van der Waals surface area (Å²) < 4.78 is 5.14. The van der Waals surface area contributed by atoms with Gasteiger partial charge in [-0.2, -0.15) is 0 Å². The van der Waals surface area contributed by atoms with Crippen LogP contribution >= 0.6 is 11.3 Å². The van der Waals surface area contributed by atoms with E-state index in [0.29, 0.717) is 11.3 Å². The molecule has 1 aromatic heterocycles. The quantitative estimate of drug-likeness (QED) is 0.485. The number of thiophene rings is 1. The molecular formula is C25H26N2O3S. The van der Waals surface area contributed by atoms with Gasteiger partial charge in [0.05, 0.1) is 13.2 Å². The van der Waals surface area contributed by atoms with Gasteiger partial charge in [0.25, 0.3) is 11.8 Å². The Bertz CT molecular complexity index is 1060. The fraction of sp³-hybridized carbons (Fsp3) is 0.200. The molecule has 0 saturated carbocycles. The van der Waals surface area contributed by atoms with Crippen molar-refractivity contribution >= 4 is 29.2 Å². The number of benzene rings is 2. The Labute approximate surface area is 186 Å². The van der Waals surface area contributed by atoms with E-state index in [2.05, 4.69) is 10.6 Å². The van der Waals surface area contributed by atoms with Crippen LogP contribution in [-0.2, 0) is 4.79 Å². The van der Waals surface area contributed by atoms with Gasteiger partial charge in [-0.25, -0.2) is 0 Å². The summed E-state index contributed by atoms with van der Waals surface area (Å²) >= 11 is 1.50. The van der Waals surface area contributed by atoms with E-state index in [9.17, 15) is 9.59 Å². The molecule has 2 amide bonds. The standard InChI is InChI=1S/C25H26N2O3S/c1-4-22(21-10-6-5-8-17(21)2)26-25(29)23(16-20-9-7-15-31-20)27-24(28)18-11-13-19(30-3)14-12-18/h5-16,22H,4H2,1-3H3,(H,26,29)(H,27,28)/b23-16-/t22-/m1/s1. The molecule has 0 spiro atoms. The molecule has 0 saturated heterocycles. The highest BCUT2D eigenvalue weighted by molar-refractivity contribution is 7.10. The van der Waals surface area contributed by atoms with Gasteiger partial charge in [0.2, 0.25) is 0 Å². The van der Waals surface area contributed by atoms with E-state index in [4.69, 9.17) is 4.74 Å². The Kier molecular flexibility index (Phi) is 7.62. The number of methoxy groups -OCH3 is 1. The summed E-state index contributed by atoms with van der Waals surface area (Å²) in [5, 5.41) is 7.78. The van der Waals surface area contributed by atoms with Crippen LogP contribution in [0, 0.1) is 6.92 Å². The van der Waals surface area contributed by atoms with Crippen LogP contribution in [0.2, 0.25) is 0 Å². The average molecular weight is 435 g/mol. The SMILES string of the molecule is CC[C@@H](NC(=O)/C(=C/c1cccs1)NC(=O)c1ccc(OC)cc1)c1ccccc1C. The van der Waals surface area contributed by atoms with E-state index in [1.807, 2.05) is 55.6 Å². The molecule has 0 aliphatic carbocycles. The number of hydrogen-bond donors (Lipinski definition) is 2. The van der Waals surface area contributed by atoms with E-state index in [0.717, 1.165) is 22.4 Å². The summed E-state index contributed by atoms with van der Waals surface area (Å²) in [6.45, 7) is 4.05. The van der Waals surface area contributed by atoms with Crippen molar-refractivity contribution in [3.8, 4) is 5.75 Å². The summed E-state index contributed by atoms with van der Waals surface area (Å²) in [5.41, 5.74) is 2.82. The van der Waals surface area contributed by atoms with Gasteiger partial charge in [0.15, 0.2) is 0 Å². The second-order valence-electron chi connectivity index (χ2n) is 7.05. The molecule has 0 bridgehead atoms. The molecule has 1 heterocycles. The van der Waals surface area contributed by atoms with E-state index >= 15 is 0 Å². The van der Waals surface area contributed by atoms with Gasteiger partial charge in [0, 0.05) is 10.4 Å². The van der Waals surface area contributed by atoms with Crippen LogP contribution in [-0.4, -0.2) is 18.9 Å². The van der Waals surface area contributed by atoms with Crippen molar-refractivity contribution in [3.63, 3.8) is 0 Å².